The Hall–Kier alpha value is -5.03. The van der Waals surface area contributed by atoms with Crippen LogP contribution in [-0.2, 0) is 11.2 Å². The summed E-state index contributed by atoms with van der Waals surface area (Å²) in [5.41, 5.74) is 1.48. The summed E-state index contributed by atoms with van der Waals surface area (Å²) in [4.78, 5) is 23.6. The van der Waals surface area contributed by atoms with Gasteiger partial charge in [-0.2, -0.15) is 0 Å². The van der Waals surface area contributed by atoms with E-state index < -0.39 is 11.7 Å². The minimum absolute atomic E-state index is 0.0293. The van der Waals surface area contributed by atoms with Crippen LogP contribution < -0.4 is 19.5 Å². The van der Waals surface area contributed by atoms with Crippen molar-refractivity contribution in [3.8, 4) is 34.3 Å². The highest BCUT2D eigenvalue weighted by atomic mass is 19.1. The average Bonchev–Trinajstić information content (AvgIpc) is 3.73. The number of nitrogens with one attached hydrogen (secondary N) is 1. The van der Waals surface area contributed by atoms with Crippen molar-refractivity contribution in [3.05, 3.63) is 90.6 Å². The molecule has 0 atom stereocenters. The third-order valence-corrected chi connectivity index (χ3v) is 7.49. The molecule has 3 heterocycles. The number of carbonyl (C=O) groups is 1. The maximum atomic E-state index is 15.1. The molecular weight excluding hydrogens is 582 g/mol. The van der Waals surface area contributed by atoms with Crippen LogP contribution >= 0.6 is 0 Å². The summed E-state index contributed by atoms with van der Waals surface area (Å²) < 4.78 is 51.5. The van der Waals surface area contributed by atoms with Gasteiger partial charge in [-0.3, -0.25) is 9.78 Å². The van der Waals surface area contributed by atoms with E-state index in [1.54, 1.807) is 43.6 Å². The highest BCUT2D eigenvalue weighted by molar-refractivity contribution is 5.92. The Morgan fingerprint density at radius 2 is 1.78 bits per heavy atom. The number of ether oxygens (including phenoxy) is 3. The van der Waals surface area contributed by atoms with Crippen molar-refractivity contribution in [2.45, 2.75) is 25.7 Å². The predicted octanol–water partition coefficient (Wildman–Crippen LogP) is 7.01. The van der Waals surface area contributed by atoms with E-state index in [1.165, 1.54) is 49.4 Å². The van der Waals surface area contributed by atoms with Gasteiger partial charge in [-0.15, -0.1) is 0 Å². The minimum atomic E-state index is -0.669. The number of nitrogens with zero attached hydrogens (tertiary/aromatic N) is 3. The Bertz CT molecular complexity index is 1790. The van der Waals surface area contributed by atoms with Gasteiger partial charge < -0.3 is 28.8 Å². The number of benzene rings is 3. The quantitative estimate of drug-likeness (QED) is 0.150. The fourth-order valence-electron chi connectivity index (χ4n) is 5.23. The first-order valence-corrected chi connectivity index (χ1v) is 14.7. The second-order valence-corrected chi connectivity index (χ2v) is 10.7. The number of aromatic nitrogens is 2. The van der Waals surface area contributed by atoms with Gasteiger partial charge in [0.2, 0.25) is 11.8 Å². The molecular formula is C34H32F2N4O5. The normalized spacial score (nSPS) is 13.2. The summed E-state index contributed by atoms with van der Waals surface area (Å²) in [7, 11) is 1.56. The number of hydrogen-bond acceptors (Lipinski definition) is 8. The molecule has 1 fully saturated rings. The molecule has 5 aromatic rings. The first-order valence-electron chi connectivity index (χ1n) is 14.7. The Morgan fingerprint density at radius 1 is 0.956 bits per heavy atom. The summed E-state index contributed by atoms with van der Waals surface area (Å²) in [6.07, 6.45) is 6.30. The zero-order valence-corrected chi connectivity index (χ0v) is 24.7. The first-order chi connectivity index (χ1) is 21.9. The number of pyridine rings is 1. The van der Waals surface area contributed by atoms with E-state index in [4.69, 9.17) is 18.6 Å². The van der Waals surface area contributed by atoms with Crippen LogP contribution in [0.25, 0.3) is 22.2 Å². The van der Waals surface area contributed by atoms with E-state index in [2.05, 4.69) is 20.2 Å². The molecule has 0 unspecified atom stereocenters. The highest BCUT2D eigenvalue weighted by Gasteiger charge is 2.16. The molecule has 11 heteroatoms. The molecule has 232 valence electrons. The number of carbonyl (C=O) groups excluding carboxylic acids is 1. The van der Waals surface area contributed by atoms with Crippen LogP contribution in [0.5, 0.6) is 23.0 Å². The van der Waals surface area contributed by atoms with Crippen LogP contribution in [0.2, 0.25) is 0 Å². The van der Waals surface area contributed by atoms with Gasteiger partial charge in [0.1, 0.15) is 18.0 Å². The molecule has 1 aliphatic heterocycles. The third-order valence-electron chi connectivity index (χ3n) is 7.49. The van der Waals surface area contributed by atoms with Gasteiger partial charge in [0.05, 0.1) is 25.4 Å². The van der Waals surface area contributed by atoms with Crippen LogP contribution in [0.4, 0.5) is 14.5 Å². The van der Waals surface area contributed by atoms with E-state index in [0.717, 1.165) is 26.1 Å². The van der Waals surface area contributed by atoms with Crippen LogP contribution in [0.1, 0.15) is 25.2 Å². The van der Waals surface area contributed by atoms with Crippen molar-refractivity contribution >= 4 is 22.5 Å². The lowest BCUT2D eigenvalue weighted by molar-refractivity contribution is -0.115. The maximum absolute atomic E-state index is 15.1. The molecule has 9 nitrogen and oxygen atoms in total. The van der Waals surface area contributed by atoms with Gasteiger partial charge in [-0.05, 0) is 80.9 Å². The van der Waals surface area contributed by atoms with Crippen molar-refractivity contribution in [1.82, 2.24) is 14.9 Å². The molecule has 45 heavy (non-hydrogen) atoms. The molecule has 3 aromatic carbocycles. The lowest BCUT2D eigenvalue weighted by Gasteiger charge is -2.16. The molecule has 0 aliphatic carbocycles. The molecule has 0 saturated carbocycles. The number of hydrogen-bond donors (Lipinski definition) is 1. The first kappa shape index (κ1) is 30.0. The second kappa shape index (κ2) is 13.7. The van der Waals surface area contributed by atoms with E-state index in [-0.39, 0.29) is 29.6 Å². The number of methoxy groups -OCH3 is 1. The van der Waals surface area contributed by atoms with Gasteiger partial charge in [0.15, 0.2) is 28.8 Å². The van der Waals surface area contributed by atoms with Crippen LogP contribution in [-0.4, -0.2) is 54.1 Å². The van der Waals surface area contributed by atoms with E-state index in [0.29, 0.717) is 46.1 Å². The van der Waals surface area contributed by atoms with Gasteiger partial charge >= 0.3 is 0 Å². The SMILES string of the molecule is COc1cc2c(Oc3ccc(NC(=O)Cc4ncc(-c5ccc(F)cc5)o4)cc3F)ccnc2cc1OCCCN1CCCC1. The smallest absolute Gasteiger partial charge is 0.233 e. The number of rotatable bonds is 12. The summed E-state index contributed by atoms with van der Waals surface area (Å²) in [5, 5.41) is 3.27. The number of amides is 1. The summed E-state index contributed by atoms with van der Waals surface area (Å²) in [6.45, 7) is 3.85. The molecule has 0 radical (unpaired) electrons. The number of halogens is 2. The fraction of sp³-hybridized carbons (Fsp3) is 0.265. The molecule has 0 bridgehead atoms. The van der Waals surface area contributed by atoms with Gasteiger partial charge in [0, 0.05) is 41.5 Å². The molecule has 0 spiro atoms. The van der Waals surface area contributed by atoms with Crippen LogP contribution in [0, 0.1) is 11.6 Å². The monoisotopic (exact) mass is 614 g/mol. The third kappa shape index (κ3) is 7.38. The van der Waals surface area contributed by atoms with Crippen molar-refractivity contribution in [3.63, 3.8) is 0 Å². The van der Waals surface area contributed by atoms with Crippen LogP contribution in [0.15, 0.2) is 77.5 Å². The zero-order valence-electron chi connectivity index (χ0n) is 24.7. The summed E-state index contributed by atoms with van der Waals surface area (Å²) in [5.74, 6) is 0.553. The lowest BCUT2D eigenvalue weighted by atomic mass is 10.1. The molecule has 1 saturated heterocycles. The van der Waals surface area contributed by atoms with Gasteiger partial charge in [-0.1, -0.05) is 0 Å². The predicted molar refractivity (Wildman–Crippen MR) is 165 cm³/mol. The van der Waals surface area contributed by atoms with E-state index in [1.807, 2.05) is 0 Å². The van der Waals surface area contributed by atoms with Crippen LogP contribution in [0.3, 0.4) is 0 Å². The Morgan fingerprint density at radius 3 is 2.56 bits per heavy atom. The molecule has 6 rings (SSSR count). The molecule has 1 amide bonds. The van der Waals surface area contributed by atoms with Crippen molar-refractivity contribution < 1.29 is 32.2 Å². The molecule has 2 aromatic heterocycles. The highest BCUT2D eigenvalue weighted by Crippen LogP contribution is 2.38. The Kier molecular flexibility index (Phi) is 9.16. The molecule has 1 N–H and O–H groups in total. The van der Waals surface area contributed by atoms with Crippen molar-refractivity contribution in [1.29, 1.82) is 0 Å². The molecule has 1 aliphatic rings. The standard InChI is InChI=1S/C34H32F2N4O5/c1-42-30-18-25-27(19-31(30)43-16-4-15-40-13-2-3-14-40)37-12-11-28(25)44-29-10-9-24(17-26(29)36)39-33(41)20-34-38-21-32(45-34)22-5-7-23(35)8-6-22/h5-12,17-19,21H,2-4,13-16,20H2,1H3,(H,39,41). The fourth-order valence-corrected chi connectivity index (χ4v) is 5.23. The summed E-state index contributed by atoms with van der Waals surface area (Å²) >= 11 is 0. The minimum Gasteiger partial charge on any atom is -0.493 e. The van der Waals surface area contributed by atoms with Gasteiger partial charge in [-0.25, -0.2) is 13.8 Å². The summed E-state index contributed by atoms with van der Waals surface area (Å²) in [6, 6.07) is 15.1. The number of likely N-dealkylation sites (tertiary alicyclic amines) is 1. The average molecular weight is 615 g/mol. The lowest BCUT2D eigenvalue weighted by Crippen LogP contribution is -2.21. The number of anilines is 1. The largest absolute Gasteiger partial charge is 0.493 e. The number of fused-ring (bicyclic) bond motifs is 1. The van der Waals surface area contributed by atoms with Crippen molar-refractivity contribution in [2.24, 2.45) is 0 Å². The maximum Gasteiger partial charge on any atom is 0.233 e. The van der Waals surface area contributed by atoms with Crippen molar-refractivity contribution in [2.75, 3.05) is 38.7 Å². The topological polar surface area (TPSA) is 99.0 Å². The Labute approximate surface area is 258 Å². The second-order valence-electron chi connectivity index (χ2n) is 10.7. The number of oxazole rings is 1. The Balaban J connectivity index is 1.09. The van der Waals surface area contributed by atoms with Gasteiger partial charge in [0.25, 0.3) is 0 Å². The zero-order chi connectivity index (χ0) is 31.2. The van der Waals surface area contributed by atoms with E-state index in [9.17, 15) is 9.18 Å². The van der Waals surface area contributed by atoms with E-state index >= 15 is 4.39 Å².